The summed E-state index contributed by atoms with van der Waals surface area (Å²) in [6, 6.07) is 12.4. The fourth-order valence-electron chi connectivity index (χ4n) is 3.33. The highest BCUT2D eigenvalue weighted by molar-refractivity contribution is 6.04. The second kappa shape index (κ2) is 7.39. The van der Waals surface area contributed by atoms with Crippen LogP contribution >= 0.6 is 0 Å². The summed E-state index contributed by atoms with van der Waals surface area (Å²) in [4.78, 5) is 23.4. The number of aliphatic carboxylic acids is 1. The second-order valence-electron chi connectivity index (χ2n) is 6.64. The quantitative estimate of drug-likeness (QED) is 0.489. The lowest BCUT2D eigenvalue weighted by molar-refractivity contribution is -0.138. The van der Waals surface area contributed by atoms with Gasteiger partial charge in [0.1, 0.15) is 5.84 Å². The summed E-state index contributed by atoms with van der Waals surface area (Å²) in [6.45, 7) is 0. The van der Waals surface area contributed by atoms with Gasteiger partial charge in [-0.3, -0.25) is 15.0 Å². The van der Waals surface area contributed by atoms with E-state index in [1.165, 1.54) is 0 Å². The molecule has 1 aliphatic carbocycles. The number of fused-ring (bicyclic) bond motifs is 1. The van der Waals surface area contributed by atoms with Gasteiger partial charge in [-0.25, -0.2) is 0 Å². The first kappa shape index (κ1) is 17.7. The molecule has 1 unspecified atom stereocenters. The van der Waals surface area contributed by atoms with Crippen molar-refractivity contribution in [3.8, 4) is 0 Å². The van der Waals surface area contributed by atoms with E-state index in [2.05, 4.69) is 5.32 Å². The standard InChI is InChI=1S/C20H21N3O3/c21-19(22)13-5-7-17(8-6-13)23-20(26)16-4-3-14-9-12(10-18(24)25)1-2-15(14)11-16/h3-8,11-12H,1-2,9-10H2,(H3,21,22)(H,23,26)(H,24,25). The first-order valence-electron chi connectivity index (χ1n) is 8.52. The van der Waals surface area contributed by atoms with Crippen LogP contribution in [0.4, 0.5) is 5.69 Å². The molecule has 1 atom stereocenters. The van der Waals surface area contributed by atoms with E-state index in [1.54, 1.807) is 30.3 Å². The number of carbonyl (C=O) groups excluding carboxylic acids is 1. The van der Waals surface area contributed by atoms with Crippen LogP contribution in [-0.4, -0.2) is 22.8 Å². The normalized spacial score (nSPS) is 15.8. The maximum absolute atomic E-state index is 12.5. The van der Waals surface area contributed by atoms with Crippen LogP contribution in [0.5, 0.6) is 0 Å². The van der Waals surface area contributed by atoms with Crippen molar-refractivity contribution in [2.75, 3.05) is 5.32 Å². The van der Waals surface area contributed by atoms with E-state index in [0.29, 0.717) is 16.8 Å². The van der Waals surface area contributed by atoms with Gasteiger partial charge in [-0.05, 0) is 72.7 Å². The minimum atomic E-state index is -0.759. The molecule has 0 spiro atoms. The molecular formula is C20H21N3O3. The minimum absolute atomic E-state index is 0.0150. The third-order valence-corrected chi connectivity index (χ3v) is 4.72. The van der Waals surface area contributed by atoms with Crippen LogP contribution in [-0.2, 0) is 17.6 Å². The van der Waals surface area contributed by atoms with E-state index < -0.39 is 5.97 Å². The van der Waals surface area contributed by atoms with Crippen molar-refractivity contribution in [3.05, 3.63) is 64.7 Å². The zero-order valence-electron chi connectivity index (χ0n) is 14.3. The molecule has 6 heteroatoms. The summed E-state index contributed by atoms with van der Waals surface area (Å²) < 4.78 is 0. The van der Waals surface area contributed by atoms with Crippen molar-refractivity contribution in [1.82, 2.24) is 0 Å². The Hall–Kier alpha value is -3.15. The molecule has 1 aliphatic rings. The highest BCUT2D eigenvalue weighted by Gasteiger charge is 2.21. The number of nitrogens with one attached hydrogen (secondary N) is 2. The number of rotatable bonds is 5. The van der Waals surface area contributed by atoms with E-state index in [-0.39, 0.29) is 24.1 Å². The molecule has 0 bridgehead atoms. The zero-order chi connectivity index (χ0) is 18.7. The number of carbonyl (C=O) groups is 2. The van der Waals surface area contributed by atoms with Crippen molar-refractivity contribution in [2.45, 2.75) is 25.7 Å². The number of carboxylic acid groups (broad SMARTS) is 1. The van der Waals surface area contributed by atoms with Gasteiger partial charge in [0.15, 0.2) is 0 Å². The Morgan fingerprint density at radius 2 is 1.81 bits per heavy atom. The number of anilines is 1. The highest BCUT2D eigenvalue weighted by Crippen LogP contribution is 2.28. The number of carboxylic acids is 1. The van der Waals surface area contributed by atoms with Crippen molar-refractivity contribution in [2.24, 2.45) is 11.7 Å². The average Bonchev–Trinajstić information content (AvgIpc) is 2.61. The molecule has 2 aromatic carbocycles. The fourth-order valence-corrected chi connectivity index (χ4v) is 3.33. The second-order valence-corrected chi connectivity index (χ2v) is 6.64. The molecule has 134 valence electrons. The maximum Gasteiger partial charge on any atom is 0.303 e. The minimum Gasteiger partial charge on any atom is -0.481 e. The number of amidine groups is 1. The number of nitrogen functional groups attached to an aromatic ring is 1. The van der Waals surface area contributed by atoms with Crippen LogP contribution in [0.2, 0.25) is 0 Å². The van der Waals surface area contributed by atoms with Gasteiger partial charge in [0.25, 0.3) is 5.91 Å². The Morgan fingerprint density at radius 1 is 1.12 bits per heavy atom. The predicted molar refractivity (Wildman–Crippen MR) is 99.6 cm³/mol. The van der Waals surface area contributed by atoms with Crippen molar-refractivity contribution < 1.29 is 14.7 Å². The zero-order valence-corrected chi connectivity index (χ0v) is 14.3. The predicted octanol–water partition coefficient (Wildman–Crippen LogP) is 2.80. The van der Waals surface area contributed by atoms with Crippen molar-refractivity contribution >= 4 is 23.4 Å². The molecule has 1 amide bonds. The molecular weight excluding hydrogens is 330 g/mol. The number of aryl methyl sites for hydroxylation is 1. The number of amides is 1. The van der Waals surface area contributed by atoms with Crippen LogP contribution in [0, 0.1) is 11.3 Å². The van der Waals surface area contributed by atoms with Gasteiger partial charge < -0.3 is 16.2 Å². The van der Waals surface area contributed by atoms with Crippen LogP contribution in [0.25, 0.3) is 0 Å². The molecule has 0 saturated heterocycles. The lowest BCUT2D eigenvalue weighted by Crippen LogP contribution is -2.19. The summed E-state index contributed by atoms with van der Waals surface area (Å²) in [6.07, 6.45) is 2.56. The van der Waals surface area contributed by atoms with E-state index in [4.69, 9.17) is 16.2 Å². The van der Waals surface area contributed by atoms with Crippen LogP contribution in [0.3, 0.4) is 0 Å². The number of nitrogens with two attached hydrogens (primary N) is 1. The molecule has 26 heavy (non-hydrogen) atoms. The SMILES string of the molecule is N=C(N)c1ccc(NC(=O)c2ccc3c(c2)CCC(CC(=O)O)C3)cc1. The third kappa shape index (κ3) is 4.08. The summed E-state index contributed by atoms with van der Waals surface area (Å²) in [5.41, 5.74) is 9.49. The molecule has 6 nitrogen and oxygen atoms in total. The number of hydrogen-bond acceptors (Lipinski definition) is 3. The van der Waals surface area contributed by atoms with Gasteiger partial charge in [-0.15, -0.1) is 0 Å². The Morgan fingerprint density at radius 3 is 2.46 bits per heavy atom. The summed E-state index contributed by atoms with van der Waals surface area (Å²) in [5.74, 6) is -0.806. The van der Waals surface area contributed by atoms with Crippen molar-refractivity contribution in [1.29, 1.82) is 5.41 Å². The summed E-state index contributed by atoms with van der Waals surface area (Å²) in [5, 5.41) is 19.2. The van der Waals surface area contributed by atoms with Gasteiger partial charge in [0.2, 0.25) is 0 Å². The lowest BCUT2D eigenvalue weighted by Gasteiger charge is -2.23. The molecule has 0 saturated carbocycles. The topological polar surface area (TPSA) is 116 Å². The van der Waals surface area contributed by atoms with Gasteiger partial charge in [-0.1, -0.05) is 6.07 Å². The first-order chi connectivity index (χ1) is 12.4. The maximum atomic E-state index is 12.5. The lowest BCUT2D eigenvalue weighted by atomic mass is 9.81. The van der Waals surface area contributed by atoms with Crippen LogP contribution in [0.1, 0.15) is 39.9 Å². The van der Waals surface area contributed by atoms with Gasteiger partial charge in [-0.2, -0.15) is 0 Å². The van der Waals surface area contributed by atoms with Gasteiger partial charge >= 0.3 is 5.97 Å². The number of hydrogen-bond donors (Lipinski definition) is 4. The molecule has 0 radical (unpaired) electrons. The Labute approximate surface area is 151 Å². The Balaban J connectivity index is 1.69. The van der Waals surface area contributed by atoms with E-state index >= 15 is 0 Å². The van der Waals surface area contributed by atoms with E-state index in [1.807, 2.05) is 12.1 Å². The summed E-state index contributed by atoms with van der Waals surface area (Å²) >= 11 is 0. The number of benzene rings is 2. The fraction of sp³-hybridized carbons (Fsp3) is 0.250. The van der Waals surface area contributed by atoms with Gasteiger partial charge in [0.05, 0.1) is 0 Å². The largest absolute Gasteiger partial charge is 0.481 e. The van der Waals surface area contributed by atoms with E-state index in [0.717, 1.165) is 30.4 Å². The Bertz CT molecular complexity index is 859. The smallest absolute Gasteiger partial charge is 0.303 e. The van der Waals surface area contributed by atoms with Crippen LogP contribution < -0.4 is 11.1 Å². The van der Waals surface area contributed by atoms with Crippen molar-refractivity contribution in [3.63, 3.8) is 0 Å². The molecule has 0 aromatic heterocycles. The van der Waals surface area contributed by atoms with Crippen LogP contribution in [0.15, 0.2) is 42.5 Å². The molecule has 0 fully saturated rings. The molecule has 2 aromatic rings. The summed E-state index contributed by atoms with van der Waals surface area (Å²) in [7, 11) is 0. The third-order valence-electron chi connectivity index (χ3n) is 4.72. The molecule has 0 heterocycles. The van der Waals surface area contributed by atoms with E-state index in [9.17, 15) is 9.59 Å². The molecule has 5 N–H and O–H groups in total. The first-order valence-corrected chi connectivity index (χ1v) is 8.52. The van der Waals surface area contributed by atoms with Gasteiger partial charge in [0, 0.05) is 23.2 Å². The highest BCUT2D eigenvalue weighted by atomic mass is 16.4. The molecule has 3 rings (SSSR count). The molecule has 0 aliphatic heterocycles. The monoisotopic (exact) mass is 351 g/mol. The average molecular weight is 351 g/mol. The Kier molecular flexibility index (Phi) is 5.02.